The highest BCUT2D eigenvalue weighted by Gasteiger charge is 2.40. The van der Waals surface area contributed by atoms with Gasteiger partial charge in [-0.3, -0.25) is 4.79 Å². The first-order valence-corrected chi connectivity index (χ1v) is 4.97. The number of hydrogen-bond acceptors (Lipinski definition) is 1. The molecule has 1 aliphatic heterocycles. The van der Waals surface area contributed by atoms with Gasteiger partial charge in [0, 0.05) is 13.1 Å². The maximum Gasteiger partial charge on any atom is 0.227 e. The standard InChI is InChI=1S/C10H17NO/c1-7(2)9-6-11(10(9)12)5-8-3-4-8/h7-9H,3-6H2,1-2H3. The molecule has 0 N–H and O–H groups in total. The monoisotopic (exact) mass is 167 g/mol. The van der Waals surface area contributed by atoms with Crippen LogP contribution in [0.2, 0.25) is 0 Å². The van der Waals surface area contributed by atoms with Gasteiger partial charge in [-0.05, 0) is 24.7 Å². The molecule has 0 aromatic carbocycles. The second-order valence-electron chi connectivity index (χ2n) is 4.54. The summed E-state index contributed by atoms with van der Waals surface area (Å²) in [6.45, 7) is 6.34. The summed E-state index contributed by atoms with van der Waals surface area (Å²) in [5, 5.41) is 0. The molecule has 2 fully saturated rings. The van der Waals surface area contributed by atoms with Crippen LogP contribution >= 0.6 is 0 Å². The van der Waals surface area contributed by atoms with E-state index in [1.54, 1.807) is 0 Å². The van der Waals surface area contributed by atoms with Gasteiger partial charge in [0.2, 0.25) is 5.91 Å². The van der Waals surface area contributed by atoms with Crippen LogP contribution in [0.3, 0.4) is 0 Å². The zero-order valence-corrected chi connectivity index (χ0v) is 7.92. The van der Waals surface area contributed by atoms with Crippen LogP contribution in [0, 0.1) is 17.8 Å². The molecule has 2 aliphatic rings. The fourth-order valence-electron chi connectivity index (χ4n) is 1.80. The predicted octanol–water partition coefficient (Wildman–Crippen LogP) is 1.51. The molecule has 2 rings (SSSR count). The van der Waals surface area contributed by atoms with E-state index >= 15 is 0 Å². The number of β-lactam (4-membered cyclic amide) rings is 1. The summed E-state index contributed by atoms with van der Waals surface area (Å²) in [4.78, 5) is 13.5. The van der Waals surface area contributed by atoms with E-state index in [4.69, 9.17) is 0 Å². The number of carbonyl (C=O) groups is 1. The summed E-state index contributed by atoms with van der Waals surface area (Å²) in [5.41, 5.74) is 0. The molecule has 1 unspecified atom stereocenters. The Balaban J connectivity index is 1.79. The van der Waals surface area contributed by atoms with Crippen LogP contribution in [0.25, 0.3) is 0 Å². The molecule has 1 saturated carbocycles. The van der Waals surface area contributed by atoms with Crippen LogP contribution in [-0.4, -0.2) is 23.9 Å². The van der Waals surface area contributed by atoms with E-state index in [9.17, 15) is 4.79 Å². The largest absolute Gasteiger partial charge is 0.341 e. The van der Waals surface area contributed by atoms with Crippen LogP contribution in [-0.2, 0) is 4.79 Å². The number of amides is 1. The van der Waals surface area contributed by atoms with Gasteiger partial charge < -0.3 is 4.90 Å². The molecule has 1 heterocycles. The quantitative estimate of drug-likeness (QED) is 0.583. The van der Waals surface area contributed by atoms with Crippen molar-refractivity contribution in [3.63, 3.8) is 0 Å². The summed E-state index contributed by atoms with van der Waals surface area (Å²) in [7, 11) is 0. The number of nitrogens with zero attached hydrogens (tertiary/aromatic N) is 1. The fourth-order valence-corrected chi connectivity index (χ4v) is 1.80. The van der Waals surface area contributed by atoms with E-state index in [-0.39, 0.29) is 0 Å². The Kier molecular flexibility index (Phi) is 1.85. The summed E-state index contributed by atoms with van der Waals surface area (Å²) in [6.07, 6.45) is 2.69. The van der Waals surface area contributed by atoms with E-state index in [0.717, 1.165) is 19.0 Å². The summed E-state index contributed by atoms with van der Waals surface area (Å²) in [6, 6.07) is 0. The highest BCUT2D eigenvalue weighted by atomic mass is 16.2. The molecule has 1 atom stereocenters. The highest BCUT2D eigenvalue weighted by Crippen LogP contribution is 2.34. The minimum Gasteiger partial charge on any atom is -0.341 e. The van der Waals surface area contributed by atoms with Crippen LogP contribution < -0.4 is 0 Å². The van der Waals surface area contributed by atoms with Crippen molar-refractivity contribution >= 4 is 5.91 Å². The lowest BCUT2D eigenvalue weighted by Gasteiger charge is -2.40. The third kappa shape index (κ3) is 1.35. The first kappa shape index (κ1) is 8.09. The molecule has 1 aliphatic carbocycles. The maximum atomic E-state index is 11.5. The van der Waals surface area contributed by atoms with Gasteiger partial charge in [0.25, 0.3) is 0 Å². The minimum absolute atomic E-state index is 0.337. The zero-order valence-electron chi connectivity index (χ0n) is 7.92. The van der Waals surface area contributed by atoms with Gasteiger partial charge in [-0.25, -0.2) is 0 Å². The number of likely N-dealkylation sites (tertiary alicyclic amines) is 1. The van der Waals surface area contributed by atoms with Crippen molar-refractivity contribution in [3.05, 3.63) is 0 Å². The molecule has 0 aromatic heterocycles. The Morgan fingerprint density at radius 1 is 1.50 bits per heavy atom. The van der Waals surface area contributed by atoms with Crippen molar-refractivity contribution in [2.45, 2.75) is 26.7 Å². The average Bonchev–Trinajstić information content (AvgIpc) is 2.78. The maximum absolute atomic E-state index is 11.5. The number of carbonyl (C=O) groups excluding carboxylic acids is 1. The van der Waals surface area contributed by atoms with Crippen LogP contribution in [0.15, 0.2) is 0 Å². The molecule has 2 heteroatoms. The smallest absolute Gasteiger partial charge is 0.227 e. The second-order valence-corrected chi connectivity index (χ2v) is 4.54. The molecule has 0 spiro atoms. The summed E-state index contributed by atoms with van der Waals surface area (Å²) < 4.78 is 0. The molecule has 2 nitrogen and oxygen atoms in total. The van der Waals surface area contributed by atoms with Crippen LogP contribution in [0.5, 0.6) is 0 Å². The van der Waals surface area contributed by atoms with Gasteiger partial charge in [0.05, 0.1) is 5.92 Å². The Bertz CT molecular complexity index is 196. The van der Waals surface area contributed by atoms with Gasteiger partial charge in [0.1, 0.15) is 0 Å². The van der Waals surface area contributed by atoms with Gasteiger partial charge >= 0.3 is 0 Å². The fraction of sp³-hybridized carbons (Fsp3) is 0.900. The van der Waals surface area contributed by atoms with E-state index in [0.29, 0.717) is 17.7 Å². The highest BCUT2D eigenvalue weighted by molar-refractivity contribution is 5.84. The molecular weight excluding hydrogens is 150 g/mol. The Hall–Kier alpha value is -0.530. The lowest BCUT2D eigenvalue weighted by Crippen LogP contribution is -2.54. The number of hydrogen-bond donors (Lipinski definition) is 0. The molecule has 1 saturated heterocycles. The minimum atomic E-state index is 0.337. The molecule has 0 bridgehead atoms. The summed E-state index contributed by atoms with van der Waals surface area (Å²) >= 11 is 0. The molecule has 68 valence electrons. The Labute approximate surface area is 73.9 Å². The zero-order chi connectivity index (χ0) is 8.72. The first-order valence-electron chi connectivity index (χ1n) is 4.97. The Morgan fingerprint density at radius 3 is 2.58 bits per heavy atom. The summed E-state index contributed by atoms with van der Waals surface area (Å²) in [5.74, 6) is 2.12. The average molecular weight is 167 g/mol. The Morgan fingerprint density at radius 2 is 2.17 bits per heavy atom. The molecular formula is C10H17NO. The van der Waals surface area contributed by atoms with E-state index in [1.807, 2.05) is 4.90 Å². The van der Waals surface area contributed by atoms with Crippen molar-refractivity contribution in [1.29, 1.82) is 0 Å². The van der Waals surface area contributed by atoms with E-state index < -0.39 is 0 Å². The van der Waals surface area contributed by atoms with Crippen LogP contribution in [0.1, 0.15) is 26.7 Å². The van der Waals surface area contributed by atoms with Gasteiger partial charge in [-0.15, -0.1) is 0 Å². The van der Waals surface area contributed by atoms with Gasteiger partial charge in [-0.1, -0.05) is 13.8 Å². The normalized spacial score (nSPS) is 29.4. The van der Waals surface area contributed by atoms with Gasteiger partial charge in [-0.2, -0.15) is 0 Å². The topological polar surface area (TPSA) is 20.3 Å². The molecule has 0 aromatic rings. The predicted molar refractivity (Wildman–Crippen MR) is 47.6 cm³/mol. The van der Waals surface area contributed by atoms with Crippen LogP contribution in [0.4, 0.5) is 0 Å². The lowest BCUT2D eigenvalue weighted by molar-refractivity contribution is -0.150. The van der Waals surface area contributed by atoms with Crippen molar-refractivity contribution in [2.24, 2.45) is 17.8 Å². The van der Waals surface area contributed by atoms with Crippen molar-refractivity contribution in [3.8, 4) is 0 Å². The van der Waals surface area contributed by atoms with Crippen molar-refractivity contribution < 1.29 is 4.79 Å². The molecule has 0 radical (unpaired) electrons. The lowest BCUT2D eigenvalue weighted by atomic mass is 9.87. The molecule has 1 amide bonds. The first-order chi connectivity index (χ1) is 5.68. The number of rotatable bonds is 3. The van der Waals surface area contributed by atoms with E-state index in [2.05, 4.69) is 13.8 Å². The second kappa shape index (κ2) is 2.75. The van der Waals surface area contributed by atoms with Crippen molar-refractivity contribution in [2.75, 3.05) is 13.1 Å². The van der Waals surface area contributed by atoms with Gasteiger partial charge in [0.15, 0.2) is 0 Å². The third-order valence-corrected chi connectivity index (χ3v) is 3.03. The SMILES string of the molecule is CC(C)C1CN(CC2CC2)C1=O. The van der Waals surface area contributed by atoms with Crippen molar-refractivity contribution in [1.82, 2.24) is 4.90 Å². The van der Waals surface area contributed by atoms with E-state index in [1.165, 1.54) is 12.8 Å². The third-order valence-electron chi connectivity index (χ3n) is 3.03. The molecule has 12 heavy (non-hydrogen) atoms.